The van der Waals surface area contributed by atoms with Gasteiger partial charge in [-0.2, -0.15) is 0 Å². The summed E-state index contributed by atoms with van der Waals surface area (Å²) in [4.78, 5) is 8.29. The van der Waals surface area contributed by atoms with E-state index in [4.69, 9.17) is 0 Å². The van der Waals surface area contributed by atoms with Crippen LogP contribution >= 0.6 is 0 Å². The van der Waals surface area contributed by atoms with Crippen LogP contribution in [0.4, 0.5) is 0 Å². The van der Waals surface area contributed by atoms with E-state index in [-0.39, 0.29) is 0 Å². The predicted octanol–water partition coefficient (Wildman–Crippen LogP) is 1.11. The molecule has 0 aliphatic carbocycles. The zero-order valence-electron chi connectivity index (χ0n) is 9.05. The fourth-order valence-electron chi connectivity index (χ4n) is 0.949. The van der Waals surface area contributed by atoms with Crippen LogP contribution in [0.25, 0.3) is 0 Å². The molecule has 1 N–H and O–H groups in total. The van der Waals surface area contributed by atoms with Gasteiger partial charge in [0.2, 0.25) is 0 Å². The van der Waals surface area contributed by atoms with Gasteiger partial charge in [0.25, 0.3) is 0 Å². The molecule has 0 spiro atoms. The van der Waals surface area contributed by atoms with Crippen molar-refractivity contribution >= 4 is 26.5 Å². The molecule has 83 valence electrons. The third-order valence-electron chi connectivity index (χ3n) is 1.72. The van der Waals surface area contributed by atoms with Gasteiger partial charge in [0.1, 0.15) is 0 Å². The van der Waals surface area contributed by atoms with Crippen molar-refractivity contribution < 1.29 is 0 Å². The molecule has 1 rings (SSSR count). The molecule has 1 aromatic rings. The molecular formula is C11H13N4Se. The van der Waals surface area contributed by atoms with Crippen LogP contribution in [0.15, 0.2) is 47.1 Å². The Morgan fingerprint density at radius 2 is 2.44 bits per heavy atom. The standard InChI is InChI=1S/C11H13N4Se/c1-3-7-13-11(16)15-14-9(2)10-6-4-5-8-12-10/h3-6,8H,1,7H2,2H3,(H,13,15). The number of hydrogen-bond acceptors (Lipinski definition) is 3. The number of nitrogens with one attached hydrogen (secondary N) is 1. The molecule has 1 aromatic heterocycles. The van der Waals surface area contributed by atoms with Gasteiger partial charge in [0, 0.05) is 0 Å². The molecule has 1 heterocycles. The minimum absolute atomic E-state index is 0.563. The Morgan fingerprint density at radius 3 is 3.06 bits per heavy atom. The van der Waals surface area contributed by atoms with Gasteiger partial charge in [-0.1, -0.05) is 0 Å². The molecule has 0 aliphatic heterocycles. The number of nitrogens with zero attached hydrogens (tertiary/aromatic N) is 3. The number of rotatable bonds is 4. The summed E-state index contributed by atoms with van der Waals surface area (Å²) < 4.78 is 0.634. The van der Waals surface area contributed by atoms with E-state index in [0.29, 0.717) is 11.3 Å². The third kappa shape index (κ3) is 4.38. The van der Waals surface area contributed by atoms with E-state index in [2.05, 4.69) is 43.1 Å². The number of amidine groups is 1. The Kier molecular flexibility index (Phi) is 5.46. The number of hydrazone groups is 1. The van der Waals surface area contributed by atoms with Gasteiger partial charge in [0.05, 0.1) is 0 Å². The summed E-state index contributed by atoms with van der Waals surface area (Å²) in [5.41, 5.74) is 4.46. The quantitative estimate of drug-likeness (QED) is 0.295. The van der Waals surface area contributed by atoms with Crippen molar-refractivity contribution in [2.24, 2.45) is 10.1 Å². The summed E-state index contributed by atoms with van der Waals surface area (Å²) >= 11 is 2.78. The van der Waals surface area contributed by atoms with E-state index in [1.165, 1.54) is 0 Å². The van der Waals surface area contributed by atoms with E-state index in [1.54, 1.807) is 12.3 Å². The number of aromatic nitrogens is 1. The number of aliphatic imine (C=N–C) groups is 1. The Labute approximate surface area is 103 Å². The van der Waals surface area contributed by atoms with Crippen LogP contribution < -0.4 is 5.43 Å². The first-order valence-corrected chi connectivity index (χ1v) is 5.63. The maximum atomic E-state index is 4.18. The van der Waals surface area contributed by atoms with Crippen molar-refractivity contribution in [1.82, 2.24) is 10.4 Å². The Morgan fingerprint density at radius 1 is 1.62 bits per heavy atom. The Hall–Kier alpha value is -1.45. The topological polar surface area (TPSA) is 49.6 Å². The summed E-state index contributed by atoms with van der Waals surface area (Å²) in [5, 5.41) is 4.16. The maximum absolute atomic E-state index is 4.18. The van der Waals surface area contributed by atoms with Crippen LogP contribution in [0, 0.1) is 0 Å². The van der Waals surface area contributed by atoms with E-state index < -0.39 is 0 Å². The Bertz CT molecular complexity index is 398. The van der Waals surface area contributed by atoms with Gasteiger partial charge in [-0.15, -0.1) is 0 Å². The van der Waals surface area contributed by atoms with Crippen LogP contribution in [0.5, 0.6) is 0 Å². The molecule has 0 aromatic carbocycles. The van der Waals surface area contributed by atoms with Crippen LogP contribution in [-0.4, -0.2) is 38.0 Å². The minimum atomic E-state index is 0.563. The van der Waals surface area contributed by atoms with Crippen molar-refractivity contribution in [2.75, 3.05) is 6.54 Å². The van der Waals surface area contributed by atoms with Gasteiger partial charge in [0.15, 0.2) is 0 Å². The van der Waals surface area contributed by atoms with Gasteiger partial charge in [-0.25, -0.2) is 0 Å². The van der Waals surface area contributed by atoms with Gasteiger partial charge in [-0.3, -0.25) is 0 Å². The van der Waals surface area contributed by atoms with Crippen molar-refractivity contribution in [1.29, 1.82) is 0 Å². The normalized spacial score (nSPS) is 12.3. The third-order valence-corrected chi connectivity index (χ3v) is 2.18. The van der Waals surface area contributed by atoms with Crippen molar-refractivity contribution in [3.63, 3.8) is 0 Å². The second kappa shape index (κ2) is 6.93. The summed E-state index contributed by atoms with van der Waals surface area (Å²) in [6.45, 7) is 6.03. The first kappa shape index (κ1) is 12.6. The van der Waals surface area contributed by atoms with Crippen LogP contribution in [0.2, 0.25) is 0 Å². The number of pyridine rings is 1. The molecule has 4 nitrogen and oxygen atoms in total. The van der Waals surface area contributed by atoms with E-state index in [9.17, 15) is 0 Å². The average Bonchev–Trinajstić information content (AvgIpc) is 2.34. The van der Waals surface area contributed by atoms with Crippen molar-refractivity contribution in [2.45, 2.75) is 6.92 Å². The van der Waals surface area contributed by atoms with Gasteiger partial charge >= 0.3 is 103 Å². The Balaban J connectivity index is 2.61. The molecule has 0 bridgehead atoms. The zero-order chi connectivity index (χ0) is 11.8. The van der Waals surface area contributed by atoms with Gasteiger partial charge in [-0.05, 0) is 0 Å². The SMILES string of the molecule is C=CCN=C([Se])NN=C(C)c1ccccn1. The molecule has 0 unspecified atom stereocenters. The summed E-state index contributed by atoms with van der Waals surface area (Å²) in [6, 6.07) is 5.70. The predicted molar refractivity (Wildman–Crippen MR) is 67.8 cm³/mol. The second-order valence-corrected chi connectivity index (χ2v) is 3.77. The van der Waals surface area contributed by atoms with Crippen molar-refractivity contribution in [3.05, 3.63) is 42.7 Å². The molecule has 0 fully saturated rings. The first-order chi connectivity index (χ1) is 7.74. The molecule has 0 amide bonds. The molecule has 0 atom stereocenters. The fourth-order valence-corrected chi connectivity index (χ4v) is 1.20. The number of hydrogen-bond donors (Lipinski definition) is 1. The van der Waals surface area contributed by atoms with E-state index in [1.807, 2.05) is 25.1 Å². The summed E-state index contributed by atoms with van der Waals surface area (Å²) in [6.07, 6.45) is 3.45. The molecule has 16 heavy (non-hydrogen) atoms. The van der Waals surface area contributed by atoms with Crippen LogP contribution in [-0.2, 0) is 0 Å². The molecule has 0 saturated carbocycles. The molecule has 0 saturated heterocycles. The molecule has 1 radical (unpaired) electrons. The summed E-state index contributed by atoms with van der Waals surface area (Å²) in [5.74, 6) is 0. The zero-order valence-corrected chi connectivity index (χ0v) is 10.8. The van der Waals surface area contributed by atoms with Crippen LogP contribution in [0.1, 0.15) is 12.6 Å². The second-order valence-electron chi connectivity index (χ2n) is 2.96. The average molecular weight is 280 g/mol. The van der Waals surface area contributed by atoms with E-state index >= 15 is 0 Å². The first-order valence-electron chi connectivity index (χ1n) is 4.78. The molecule has 0 aliphatic rings. The van der Waals surface area contributed by atoms with Crippen molar-refractivity contribution in [3.8, 4) is 0 Å². The summed E-state index contributed by atoms with van der Waals surface area (Å²) in [7, 11) is 0. The van der Waals surface area contributed by atoms with E-state index in [0.717, 1.165) is 11.4 Å². The van der Waals surface area contributed by atoms with Crippen LogP contribution in [0.3, 0.4) is 0 Å². The fraction of sp³-hybridized carbons (Fsp3) is 0.182. The molecule has 5 heteroatoms. The monoisotopic (exact) mass is 281 g/mol. The van der Waals surface area contributed by atoms with Gasteiger partial charge < -0.3 is 0 Å². The molecular weight excluding hydrogens is 267 g/mol.